The molecule has 1 saturated heterocycles. The molecule has 0 unspecified atom stereocenters. The molecule has 4 aromatic rings. The van der Waals surface area contributed by atoms with Gasteiger partial charge in [-0.05, 0) is 25.1 Å². The van der Waals surface area contributed by atoms with Gasteiger partial charge in [-0.15, -0.1) is 0 Å². The Morgan fingerprint density at radius 3 is 2.64 bits per heavy atom. The highest BCUT2D eigenvalue weighted by Crippen LogP contribution is 2.31. The van der Waals surface area contributed by atoms with Crippen LogP contribution >= 0.6 is 0 Å². The van der Waals surface area contributed by atoms with E-state index >= 15 is 0 Å². The monoisotopic (exact) mass is 496 g/mol. The molecule has 12 nitrogen and oxygen atoms in total. The lowest BCUT2D eigenvalue weighted by Gasteiger charge is -2.18. The minimum absolute atomic E-state index is 0.0892. The van der Waals surface area contributed by atoms with Crippen LogP contribution in [0.25, 0.3) is 21.9 Å². The number of nitrogens with one attached hydrogen (secondary N) is 1. The summed E-state index contributed by atoms with van der Waals surface area (Å²) in [6.07, 6.45) is -1.07. The van der Waals surface area contributed by atoms with Crippen molar-refractivity contribution in [1.82, 2.24) is 9.55 Å². The minimum atomic E-state index is -0.872. The number of rotatable bonds is 5. The lowest BCUT2D eigenvalue weighted by molar-refractivity contribution is -0.150. The molecular weight excluding hydrogens is 476 g/mol. The lowest BCUT2D eigenvalue weighted by atomic mass is 10.2. The second-order valence-electron chi connectivity index (χ2n) is 8.38. The van der Waals surface area contributed by atoms with Crippen molar-refractivity contribution in [2.75, 3.05) is 6.61 Å². The Morgan fingerprint density at radius 1 is 1.08 bits per heavy atom. The van der Waals surface area contributed by atoms with Crippen molar-refractivity contribution < 1.29 is 32.6 Å². The molecule has 186 valence electrons. The molecule has 12 heteroatoms. The zero-order valence-electron chi connectivity index (χ0n) is 19.1. The van der Waals surface area contributed by atoms with Crippen molar-refractivity contribution in [3.8, 4) is 0 Å². The van der Waals surface area contributed by atoms with E-state index in [0.717, 1.165) is 0 Å². The van der Waals surface area contributed by atoms with Crippen LogP contribution in [0.4, 0.5) is 0 Å². The molecule has 36 heavy (non-hydrogen) atoms. The summed E-state index contributed by atoms with van der Waals surface area (Å²) in [4.78, 5) is 61.9. The van der Waals surface area contributed by atoms with E-state index in [1.807, 2.05) is 0 Å². The second kappa shape index (κ2) is 8.96. The van der Waals surface area contributed by atoms with Gasteiger partial charge in [0.1, 0.15) is 36.2 Å². The van der Waals surface area contributed by atoms with Crippen molar-refractivity contribution in [2.45, 2.75) is 38.7 Å². The Balaban J connectivity index is 1.34. The fraction of sp³-hybridized carbons (Fsp3) is 0.292. The van der Waals surface area contributed by atoms with Gasteiger partial charge in [-0.25, -0.2) is 14.4 Å². The molecular formula is C24H20N2O10. The first-order valence-corrected chi connectivity index (χ1v) is 11.0. The molecule has 0 saturated carbocycles. The van der Waals surface area contributed by atoms with Crippen LogP contribution < -0.4 is 16.9 Å². The number of ether oxygens (including phenoxy) is 3. The third kappa shape index (κ3) is 4.45. The van der Waals surface area contributed by atoms with E-state index in [1.54, 1.807) is 12.1 Å². The number of esters is 2. The fourth-order valence-corrected chi connectivity index (χ4v) is 4.09. The van der Waals surface area contributed by atoms with Crippen molar-refractivity contribution >= 4 is 33.9 Å². The number of furan rings is 1. The molecule has 1 N–H and O–H groups in total. The molecule has 1 aliphatic heterocycles. The molecule has 0 radical (unpaired) electrons. The molecule has 3 atom stereocenters. The summed E-state index contributed by atoms with van der Waals surface area (Å²) in [5, 5.41) is 1.26. The van der Waals surface area contributed by atoms with Gasteiger partial charge in [-0.2, -0.15) is 0 Å². The van der Waals surface area contributed by atoms with Crippen LogP contribution in [0.3, 0.4) is 0 Å². The lowest BCUT2D eigenvalue weighted by Crippen LogP contribution is -2.33. The predicted molar refractivity (Wildman–Crippen MR) is 123 cm³/mol. The number of fused-ring (bicyclic) bond motifs is 2. The first-order chi connectivity index (χ1) is 17.2. The van der Waals surface area contributed by atoms with Crippen LogP contribution in [0, 0.1) is 6.92 Å². The Kier molecular flexibility index (Phi) is 5.80. The predicted octanol–water partition coefficient (Wildman–Crippen LogP) is 1.77. The van der Waals surface area contributed by atoms with Crippen LogP contribution in [-0.2, 0) is 19.0 Å². The van der Waals surface area contributed by atoms with Crippen molar-refractivity contribution in [1.29, 1.82) is 0 Å². The Labute approximate surface area is 201 Å². The molecule has 0 amide bonds. The molecule has 0 aliphatic carbocycles. The van der Waals surface area contributed by atoms with E-state index in [1.165, 1.54) is 42.8 Å². The van der Waals surface area contributed by atoms with Gasteiger partial charge in [0.15, 0.2) is 0 Å². The number of carbonyl (C=O) groups excluding carboxylic acids is 2. The van der Waals surface area contributed by atoms with Gasteiger partial charge < -0.3 is 23.0 Å². The van der Waals surface area contributed by atoms with Crippen LogP contribution in [0.15, 0.2) is 59.7 Å². The van der Waals surface area contributed by atoms with Crippen molar-refractivity contribution in [3.63, 3.8) is 0 Å². The van der Waals surface area contributed by atoms with Gasteiger partial charge in [0.25, 0.3) is 5.56 Å². The quantitative estimate of drug-likeness (QED) is 0.319. The van der Waals surface area contributed by atoms with Gasteiger partial charge in [0.2, 0.25) is 5.76 Å². The number of carbonyl (C=O) groups is 2. The maximum Gasteiger partial charge on any atom is 0.374 e. The summed E-state index contributed by atoms with van der Waals surface area (Å²) in [6, 6.07) is 7.60. The van der Waals surface area contributed by atoms with E-state index < -0.39 is 47.2 Å². The van der Waals surface area contributed by atoms with Gasteiger partial charge >= 0.3 is 23.3 Å². The SMILES string of the molecule is CC(=O)O[C@H]1C[C@H](n2cc(C)c(=O)[nH]c2=O)O[C@@H]1COC(=O)c1cc2cc3ccc(=O)oc3cc2o1. The number of nitrogens with zero attached hydrogens (tertiary/aromatic N) is 1. The molecule has 5 rings (SSSR count). The summed E-state index contributed by atoms with van der Waals surface area (Å²) in [6.45, 7) is 2.47. The first kappa shape index (κ1) is 23.3. The molecule has 1 aliphatic rings. The fourth-order valence-electron chi connectivity index (χ4n) is 4.09. The third-order valence-corrected chi connectivity index (χ3v) is 5.79. The summed E-state index contributed by atoms with van der Waals surface area (Å²) in [5.74, 6) is -1.45. The molecule has 0 spiro atoms. The number of hydrogen-bond donors (Lipinski definition) is 1. The largest absolute Gasteiger partial charge is 0.459 e. The van der Waals surface area contributed by atoms with Gasteiger partial charge in [-0.3, -0.25) is 19.1 Å². The number of aromatic amines is 1. The topological polar surface area (TPSA) is 160 Å². The molecule has 1 fully saturated rings. The summed E-state index contributed by atoms with van der Waals surface area (Å²) in [5.41, 5.74) is -0.769. The molecule has 1 aromatic carbocycles. The number of H-pyrrole nitrogens is 1. The summed E-state index contributed by atoms with van der Waals surface area (Å²) in [7, 11) is 0. The Bertz CT molecular complexity index is 1670. The van der Waals surface area contributed by atoms with Crippen LogP contribution in [0.5, 0.6) is 0 Å². The van der Waals surface area contributed by atoms with Crippen LogP contribution in [-0.4, -0.2) is 40.3 Å². The number of aromatic nitrogens is 2. The first-order valence-electron chi connectivity index (χ1n) is 11.0. The molecule has 3 aromatic heterocycles. The van der Waals surface area contributed by atoms with Crippen molar-refractivity contribution in [3.05, 3.63) is 79.1 Å². The minimum Gasteiger partial charge on any atom is -0.459 e. The smallest absolute Gasteiger partial charge is 0.374 e. The average molecular weight is 496 g/mol. The number of benzene rings is 1. The number of hydrogen-bond acceptors (Lipinski definition) is 10. The van der Waals surface area contributed by atoms with E-state index in [0.29, 0.717) is 27.5 Å². The van der Waals surface area contributed by atoms with E-state index in [9.17, 15) is 24.0 Å². The Hall–Kier alpha value is -4.45. The summed E-state index contributed by atoms with van der Waals surface area (Å²) < 4.78 is 28.4. The normalized spacial score (nSPS) is 19.6. The second-order valence-corrected chi connectivity index (χ2v) is 8.38. The zero-order chi connectivity index (χ0) is 25.6. The van der Waals surface area contributed by atoms with Crippen LogP contribution in [0.2, 0.25) is 0 Å². The maximum atomic E-state index is 12.7. The average Bonchev–Trinajstić information content (AvgIpc) is 3.41. The highest BCUT2D eigenvalue weighted by atomic mass is 16.6. The maximum absolute atomic E-state index is 12.7. The van der Waals surface area contributed by atoms with Gasteiger partial charge in [0.05, 0.1) is 0 Å². The zero-order valence-corrected chi connectivity index (χ0v) is 19.1. The molecule has 0 bridgehead atoms. The summed E-state index contributed by atoms with van der Waals surface area (Å²) >= 11 is 0. The van der Waals surface area contributed by atoms with Gasteiger partial charge in [0, 0.05) is 48.0 Å². The standard InChI is InChI=1S/C24H20N2O10/c1-11-9-26(24(31)25-22(11)29)20-8-17(33-12(2)27)19(35-20)10-32-23(30)18-6-14-5-13-3-4-21(28)36-15(13)7-16(14)34-18/h3-7,9,17,19-20H,8,10H2,1-2H3,(H,25,29,31)/t17-,19+,20+/m0/s1. The highest BCUT2D eigenvalue weighted by Gasteiger charge is 2.40. The van der Waals surface area contributed by atoms with E-state index in [4.69, 9.17) is 23.0 Å². The number of aryl methyl sites for hydroxylation is 1. The highest BCUT2D eigenvalue weighted by molar-refractivity contribution is 5.97. The van der Waals surface area contributed by atoms with Gasteiger partial charge in [-0.1, -0.05) is 0 Å². The van der Waals surface area contributed by atoms with E-state index in [2.05, 4.69) is 4.98 Å². The Morgan fingerprint density at radius 2 is 1.86 bits per heavy atom. The third-order valence-electron chi connectivity index (χ3n) is 5.79. The molecule has 4 heterocycles. The van der Waals surface area contributed by atoms with E-state index in [-0.39, 0.29) is 18.8 Å². The van der Waals surface area contributed by atoms with Crippen molar-refractivity contribution in [2.24, 2.45) is 0 Å². The van der Waals surface area contributed by atoms with Crippen LogP contribution in [0.1, 0.15) is 35.7 Å².